The number of para-hydroxylation sites is 1. The van der Waals surface area contributed by atoms with E-state index in [4.69, 9.17) is 0 Å². The molecule has 1 N–H and O–H groups in total. The average Bonchev–Trinajstić information content (AvgIpc) is 2.90. The first-order chi connectivity index (χ1) is 9.65. The molecule has 0 radical (unpaired) electrons. The number of carbonyl (C=O) groups is 1. The number of nitrogens with zero attached hydrogens (tertiary/aromatic N) is 1. The van der Waals surface area contributed by atoms with Crippen molar-refractivity contribution in [2.45, 2.75) is 13.8 Å². The van der Waals surface area contributed by atoms with E-state index < -0.39 is 0 Å². The van der Waals surface area contributed by atoms with E-state index in [1.165, 1.54) is 0 Å². The van der Waals surface area contributed by atoms with Gasteiger partial charge in [-0.25, -0.2) is 4.98 Å². The third-order valence-corrected chi connectivity index (χ3v) is 4.10. The third kappa shape index (κ3) is 2.30. The zero-order valence-corrected chi connectivity index (χ0v) is 12.1. The summed E-state index contributed by atoms with van der Waals surface area (Å²) in [7, 11) is 0. The lowest BCUT2D eigenvalue weighted by Crippen LogP contribution is -2.13. The monoisotopic (exact) mass is 282 g/mol. The molecule has 1 aromatic heterocycles. The minimum absolute atomic E-state index is 0.0855. The molecule has 3 nitrogen and oxygen atoms in total. The number of rotatable bonds is 2. The molecular formula is C16H14N2OS. The second-order valence-corrected chi connectivity index (χ2v) is 5.64. The zero-order valence-electron chi connectivity index (χ0n) is 11.3. The molecule has 0 saturated carbocycles. The van der Waals surface area contributed by atoms with Crippen LogP contribution in [0.3, 0.4) is 0 Å². The number of aromatic nitrogens is 1. The number of nitrogens with one attached hydrogen (secondary N) is 1. The van der Waals surface area contributed by atoms with Crippen molar-refractivity contribution in [3.05, 3.63) is 58.6 Å². The fourth-order valence-corrected chi connectivity index (χ4v) is 2.91. The predicted octanol–water partition coefficient (Wildman–Crippen LogP) is 4.17. The van der Waals surface area contributed by atoms with Gasteiger partial charge in [-0.15, -0.1) is 11.3 Å². The summed E-state index contributed by atoms with van der Waals surface area (Å²) in [5, 5.41) is 3.00. The van der Waals surface area contributed by atoms with Crippen molar-refractivity contribution in [3.63, 3.8) is 0 Å². The summed E-state index contributed by atoms with van der Waals surface area (Å²) in [6.07, 6.45) is 0. The molecule has 20 heavy (non-hydrogen) atoms. The van der Waals surface area contributed by atoms with Crippen LogP contribution in [0.5, 0.6) is 0 Å². The first kappa shape index (κ1) is 12.8. The van der Waals surface area contributed by atoms with E-state index >= 15 is 0 Å². The van der Waals surface area contributed by atoms with Crippen molar-refractivity contribution in [1.29, 1.82) is 0 Å². The number of carbonyl (C=O) groups excluding carboxylic acids is 1. The number of hydrogen-bond donors (Lipinski definition) is 1. The minimum atomic E-state index is -0.0855. The molecule has 0 aliphatic carbocycles. The number of hydrogen-bond acceptors (Lipinski definition) is 3. The van der Waals surface area contributed by atoms with Gasteiger partial charge < -0.3 is 5.32 Å². The van der Waals surface area contributed by atoms with Gasteiger partial charge in [-0.1, -0.05) is 18.2 Å². The molecule has 0 saturated heterocycles. The molecule has 1 amide bonds. The molecule has 3 rings (SSSR count). The molecule has 0 fully saturated rings. The number of thiazole rings is 1. The van der Waals surface area contributed by atoms with Crippen molar-refractivity contribution < 1.29 is 4.79 Å². The highest BCUT2D eigenvalue weighted by atomic mass is 32.1. The summed E-state index contributed by atoms with van der Waals surface area (Å²) in [6.45, 7) is 3.99. The quantitative estimate of drug-likeness (QED) is 0.766. The highest BCUT2D eigenvalue weighted by molar-refractivity contribution is 7.16. The molecule has 0 spiro atoms. The van der Waals surface area contributed by atoms with Gasteiger partial charge in [0.1, 0.15) is 0 Å². The Balaban J connectivity index is 1.92. The predicted molar refractivity (Wildman–Crippen MR) is 83.5 cm³/mol. The van der Waals surface area contributed by atoms with E-state index in [9.17, 15) is 4.79 Å². The van der Waals surface area contributed by atoms with E-state index in [1.54, 1.807) is 16.8 Å². The first-order valence-corrected chi connectivity index (χ1v) is 7.24. The summed E-state index contributed by atoms with van der Waals surface area (Å²) in [5.41, 5.74) is 6.40. The third-order valence-electron chi connectivity index (χ3n) is 3.31. The smallest absolute Gasteiger partial charge is 0.255 e. The Kier molecular flexibility index (Phi) is 3.24. The van der Waals surface area contributed by atoms with Crippen molar-refractivity contribution in [2.24, 2.45) is 0 Å². The molecule has 2 aromatic carbocycles. The summed E-state index contributed by atoms with van der Waals surface area (Å²) in [6, 6.07) is 11.6. The molecule has 3 aromatic rings. The summed E-state index contributed by atoms with van der Waals surface area (Å²) < 4.78 is 1.03. The van der Waals surface area contributed by atoms with Gasteiger partial charge in [0.15, 0.2) is 0 Å². The Hall–Kier alpha value is -2.20. The molecule has 0 aliphatic rings. The Bertz CT molecular complexity index is 772. The SMILES string of the molecule is Cc1cccc(C)c1NC(=O)c1ccc2ncsc2c1. The molecule has 0 bridgehead atoms. The van der Waals surface area contributed by atoms with Crippen LogP contribution < -0.4 is 5.32 Å². The highest BCUT2D eigenvalue weighted by Crippen LogP contribution is 2.22. The van der Waals surface area contributed by atoms with Crippen LogP contribution in [0.1, 0.15) is 21.5 Å². The van der Waals surface area contributed by atoms with Gasteiger partial charge >= 0.3 is 0 Å². The number of aryl methyl sites for hydroxylation is 2. The number of amides is 1. The Morgan fingerprint density at radius 2 is 1.90 bits per heavy atom. The van der Waals surface area contributed by atoms with Crippen molar-refractivity contribution >= 4 is 33.1 Å². The Morgan fingerprint density at radius 3 is 2.65 bits per heavy atom. The second-order valence-electron chi connectivity index (χ2n) is 4.76. The van der Waals surface area contributed by atoms with Crippen molar-refractivity contribution in [3.8, 4) is 0 Å². The second kappa shape index (κ2) is 5.06. The van der Waals surface area contributed by atoms with Crippen LogP contribution >= 0.6 is 11.3 Å². The van der Waals surface area contributed by atoms with Crippen LogP contribution in [-0.4, -0.2) is 10.9 Å². The lowest BCUT2D eigenvalue weighted by molar-refractivity contribution is 0.102. The van der Waals surface area contributed by atoms with E-state index in [0.717, 1.165) is 27.0 Å². The van der Waals surface area contributed by atoms with E-state index in [-0.39, 0.29) is 5.91 Å². The lowest BCUT2D eigenvalue weighted by atomic mass is 10.1. The normalized spacial score (nSPS) is 10.7. The van der Waals surface area contributed by atoms with Crippen LogP contribution in [0.25, 0.3) is 10.2 Å². The molecule has 0 aliphatic heterocycles. The highest BCUT2D eigenvalue weighted by Gasteiger charge is 2.10. The summed E-state index contributed by atoms with van der Waals surface area (Å²) >= 11 is 1.54. The topological polar surface area (TPSA) is 42.0 Å². The zero-order chi connectivity index (χ0) is 14.1. The Morgan fingerprint density at radius 1 is 1.15 bits per heavy atom. The molecule has 0 unspecified atom stereocenters. The van der Waals surface area contributed by atoms with Gasteiger partial charge in [0.2, 0.25) is 0 Å². The lowest BCUT2D eigenvalue weighted by Gasteiger charge is -2.11. The van der Waals surface area contributed by atoms with Crippen LogP contribution in [-0.2, 0) is 0 Å². The van der Waals surface area contributed by atoms with Crippen LogP contribution in [0.15, 0.2) is 41.9 Å². The van der Waals surface area contributed by atoms with Crippen LogP contribution in [0.2, 0.25) is 0 Å². The first-order valence-electron chi connectivity index (χ1n) is 6.36. The summed E-state index contributed by atoms with van der Waals surface area (Å²) in [5.74, 6) is -0.0855. The molecule has 0 atom stereocenters. The van der Waals surface area contributed by atoms with Crippen LogP contribution in [0.4, 0.5) is 5.69 Å². The van der Waals surface area contributed by atoms with Crippen LogP contribution in [0, 0.1) is 13.8 Å². The standard InChI is InChI=1S/C16H14N2OS/c1-10-4-3-5-11(2)15(10)18-16(19)12-6-7-13-14(8-12)20-9-17-13/h3-9H,1-2H3,(H,18,19). The molecule has 1 heterocycles. The van der Waals surface area contributed by atoms with Gasteiger partial charge in [0.25, 0.3) is 5.91 Å². The average molecular weight is 282 g/mol. The van der Waals surface area contributed by atoms with E-state index in [0.29, 0.717) is 5.56 Å². The maximum absolute atomic E-state index is 12.4. The summed E-state index contributed by atoms with van der Waals surface area (Å²) in [4.78, 5) is 16.6. The Labute approximate surface area is 121 Å². The van der Waals surface area contributed by atoms with E-state index in [2.05, 4.69) is 10.3 Å². The van der Waals surface area contributed by atoms with Crippen molar-refractivity contribution in [1.82, 2.24) is 4.98 Å². The molecular weight excluding hydrogens is 268 g/mol. The number of benzene rings is 2. The fraction of sp³-hybridized carbons (Fsp3) is 0.125. The maximum Gasteiger partial charge on any atom is 0.255 e. The minimum Gasteiger partial charge on any atom is -0.322 e. The van der Waals surface area contributed by atoms with Crippen molar-refractivity contribution in [2.75, 3.05) is 5.32 Å². The van der Waals surface area contributed by atoms with Gasteiger partial charge in [-0.2, -0.15) is 0 Å². The number of anilines is 1. The van der Waals surface area contributed by atoms with Gasteiger partial charge in [0, 0.05) is 11.3 Å². The largest absolute Gasteiger partial charge is 0.322 e. The molecule has 100 valence electrons. The molecule has 4 heteroatoms. The number of fused-ring (bicyclic) bond motifs is 1. The van der Waals surface area contributed by atoms with E-state index in [1.807, 2.05) is 50.2 Å². The van der Waals surface area contributed by atoms with Gasteiger partial charge in [-0.3, -0.25) is 4.79 Å². The van der Waals surface area contributed by atoms with Gasteiger partial charge in [0.05, 0.1) is 15.7 Å². The van der Waals surface area contributed by atoms with Gasteiger partial charge in [-0.05, 0) is 43.2 Å². The fourth-order valence-electron chi connectivity index (χ4n) is 2.19. The maximum atomic E-state index is 12.4.